The summed E-state index contributed by atoms with van der Waals surface area (Å²) in [6.07, 6.45) is 0. The van der Waals surface area contributed by atoms with Crippen molar-refractivity contribution in [2.45, 2.75) is 6.54 Å². The van der Waals surface area contributed by atoms with Crippen molar-refractivity contribution in [3.63, 3.8) is 0 Å². The SMILES string of the molecule is O=C(O)c1cc2cc(CNc3ccc(Br)cc3)ccc2cc1O. The van der Waals surface area contributed by atoms with Gasteiger partial charge in [-0.2, -0.15) is 0 Å². The van der Waals surface area contributed by atoms with Gasteiger partial charge in [0.1, 0.15) is 11.3 Å². The summed E-state index contributed by atoms with van der Waals surface area (Å²) >= 11 is 3.40. The number of aromatic carboxylic acids is 1. The van der Waals surface area contributed by atoms with E-state index >= 15 is 0 Å². The van der Waals surface area contributed by atoms with E-state index in [1.165, 1.54) is 12.1 Å². The number of rotatable bonds is 4. The monoisotopic (exact) mass is 371 g/mol. The summed E-state index contributed by atoms with van der Waals surface area (Å²) in [6.45, 7) is 0.626. The Hall–Kier alpha value is -2.53. The van der Waals surface area contributed by atoms with E-state index in [9.17, 15) is 9.90 Å². The molecule has 0 unspecified atom stereocenters. The summed E-state index contributed by atoms with van der Waals surface area (Å²) in [7, 11) is 0. The molecule has 0 atom stereocenters. The number of anilines is 1. The summed E-state index contributed by atoms with van der Waals surface area (Å²) in [6, 6.07) is 16.6. The highest BCUT2D eigenvalue weighted by atomic mass is 79.9. The standard InChI is InChI=1S/C18H14BrNO3/c19-14-3-5-15(6-4-14)20-10-11-1-2-12-9-17(21)16(18(22)23)8-13(12)7-11/h1-9,20-21H,10H2,(H,22,23). The third-order valence-corrected chi connectivity index (χ3v) is 4.12. The van der Waals surface area contributed by atoms with Crippen LogP contribution in [0.1, 0.15) is 15.9 Å². The summed E-state index contributed by atoms with van der Waals surface area (Å²) in [5.41, 5.74) is 1.95. The highest BCUT2D eigenvalue weighted by molar-refractivity contribution is 9.10. The predicted molar refractivity (Wildman–Crippen MR) is 94.0 cm³/mol. The molecule has 4 nitrogen and oxygen atoms in total. The van der Waals surface area contributed by atoms with Gasteiger partial charge in [0, 0.05) is 16.7 Å². The average Bonchev–Trinajstić information content (AvgIpc) is 2.53. The average molecular weight is 372 g/mol. The van der Waals surface area contributed by atoms with Crippen molar-refractivity contribution < 1.29 is 15.0 Å². The van der Waals surface area contributed by atoms with Crippen molar-refractivity contribution in [1.82, 2.24) is 0 Å². The minimum Gasteiger partial charge on any atom is -0.507 e. The Labute approximate surface area is 141 Å². The van der Waals surface area contributed by atoms with Crippen LogP contribution < -0.4 is 5.32 Å². The lowest BCUT2D eigenvalue weighted by molar-refractivity contribution is 0.0694. The fraction of sp³-hybridized carbons (Fsp3) is 0.0556. The summed E-state index contributed by atoms with van der Waals surface area (Å²) in [5.74, 6) is -1.35. The number of fused-ring (bicyclic) bond motifs is 1. The highest BCUT2D eigenvalue weighted by Crippen LogP contribution is 2.26. The van der Waals surface area contributed by atoms with Crippen LogP contribution in [-0.2, 0) is 6.54 Å². The molecule has 0 spiro atoms. The second kappa shape index (κ2) is 6.30. The largest absolute Gasteiger partial charge is 0.507 e. The maximum Gasteiger partial charge on any atom is 0.339 e. The van der Waals surface area contributed by atoms with E-state index in [-0.39, 0.29) is 11.3 Å². The molecule has 0 bridgehead atoms. The highest BCUT2D eigenvalue weighted by Gasteiger charge is 2.11. The molecule has 3 rings (SSSR count). The van der Waals surface area contributed by atoms with E-state index in [2.05, 4.69) is 21.2 Å². The van der Waals surface area contributed by atoms with E-state index < -0.39 is 5.97 Å². The Morgan fingerprint density at radius 1 is 1.00 bits per heavy atom. The maximum absolute atomic E-state index is 11.1. The van der Waals surface area contributed by atoms with Gasteiger partial charge in [0.2, 0.25) is 0 Å². The predicted octanol–water partition coefficient (Wildman–Crippen LogP) is 4.62. The lowest BCUT2D eigenvalue weighted by Gasteiger charge is -2.09. The van der Waals surface area contributed by atoms with Gasteiger partial charge in [-0.15, -0.1) is 0 Å². The van der Waals surface area contributed by atoms with Gasteiger partial charge < -0.3 is 15.5 Å². The fourth-order valence-electron chi connectivity index (χ4n) is 2.39. The number of carboxylic acid groups (broad SMARTS) is 1. The Morgan fingerprint density at radius 2 is 1.74 bits per heavy atom. The number of nitrogens with one attached hydrogen (secondary N) is 1. The van der Waals surface area contributed by atoms with Crippen molar-refractivity contribution >= 4 is 38.4 Å². The number of benzene rings is 3. The molecule has 3 N–H and O–H groups in total. The molecule has 0 aliphatic rings. The second-order valence-corrected chi connectivity index (χ2v) is 6.13. The van der Waals surface area contributed by atoms with E-state index in [1.54, 1.807) is 0 Å². The number of hydrogen-bond acceptors (Lipinski definition) is 3. The van der Waals surface area contributed by atoms with E-state index in [4.69, 9.17) is 5.11 Å². The molecule has 0 aromatic heterocycles. The van der Waals surface area contributed by atoms with Crippen LogP contribution in [-0.4, -0.2) is 16.2 Å². The van der Waals surface area contributed by atoms with Crippen LogP contribution in [0.3, 0.4) is 0 Å². The first kappa shape index (κ1) is 15.4. The quantitative estimate of drug-likeness (QED) is 0.625. The minimum absolute atomic E-state index is 0.0875. The number of aromatic hydroxyl groups is 1. The Balaban J connectivity index is 1.85. The number of carbonyl (C=O) groups is 1. The molecule has 3 aromatic carbocycles. The summed E-state index contributed by atoms with van der Waals surface area (Å²) in [5, 5.41) is 23.7. The van der Waals surface area contributed by atoms with Gasteiger partial charge in [0.15, 0.2) is 0 Å². The normalized spacial score (nSPS) is 10.7. The first-order valence-electron chi connectivity index (χ1n) is 7.01. The molecule has 116 valence electrons. The van der Waals surface area contributed by atoms with E-state index in [0.29, 0.717) is 6.54 Å². The molecule has 0 radical (unpaired) electrons. The van der Waals surface area contributed by atoms with Crippen LogP contribution in [0.2, 0.25) is 0 Å². The van der Waals surface area contributed by atoms with Gasteiger partial charge in [-0.3, -0.25) is 0 Å². The van der Waals surface area contributed by atoms with Crippen molar-refractivity contribution in [3.8, 4) is 5.75 Å². The lowest BCUT2D eigenvalue weighted by atomic mass is 10.0. The van der Waals surface area contributed by atoms with Crippen molar-refractivity contribution in [2.75, 3.05) is 5.32 Å². The first-order valence-corrected chi connectivity index (χ1v) is 7.80. The van der Waals surface area contributed by atoms with Crippen molar-refractivity contribution in [1.29, 1.82) is 0 Å². The summed E-state index contributed by atoms with van der Waals surface area (Å²) < 4.78 is 1.02. The van der Waals surface area contributed by atoms with Gasteiger partial charge in [-0.25, -0.2) is 4.79 Å². The molecule has 0 heterocycles. The zero-order chi connectivity index (χ0) is 16.4. The molecule has 23 heavy (non-hydrogen) atoms. The summed E-state index contributed by atoms with van der Waals surface area (Å²) in [4.78, 5) is 11.1. The van der Waals surface area contributed by atoms with Crippen LogP contribution >= 0.6 is 15.9 Å². The maximum atomic E-state index is 11.1. The molecule has 0 saturated heterocycles. The number of carboxylic acids is 1. The smallest absolute Gasteiger partial charge is 0.339 e. The lowest BCUT2D eigenvalue weighted by Crippen LogP contribution is -2.00. The van der Waals surface area contributed by atoms with E-state index in [0.717, 1.165) is 26.5 Å². The van der Waals surface area contributed by atoms with Gasteiger partial charge in [0.05, 0.1) is 0 Å². The topological polar surface area (TPSA) is 69.6 Å². The molecule has 3 aromatic rings. The molecule has 0 fully saturated rings. The minimum atomic E-state index is -1.14. The zero-order valence-corrected chi connectivity index (χ0v) is 13.7. The third kappa shape index (κ3) is 3.46. The van der Waals surface area contributed by atoms with Crippen LogP contribution in [0.4, 0.5) is 5.69 Å². The van der Waals surface area contributed by atoms with Gasteiger partial charge in [-0.05, 0) is 58.8 Å². The van der Waals surface area contributed by atoms with Crippen LogP contribution in [0.5, 0.6) is 5.75 Å². The fourth-order valence-corrected chi connectivity index (χ4v) is 2.65. The first-order chi connectivity index (χ1) is 11.0. The van der Waals surface area contributed by atoms with Gasteiger partial charge in [-0.1, -0.05) is 28.1 Å². The Bertz CT molecular complexity index is 875. The van der Waals surface area contributed by atoms with Crippen molar-refractivity contribution in [2.24, 2.45) is 0 Å². The molecular formula is C18H14BrNO3. The Morgan fingerprint density at radius 3 is 2.43 bits per heavy atom. The van der Waals surface area contributed by atoms with Gasteiger partial charge >= 0.3 is 5.97 Å². The molecule has 5 heteroatoms. The molecule has 0 amide bonds. The van der Waals surface area contributed by atoms with Crippen molar-refractivity contribution in [3.05, 3.63) is 70.2 Å². The van der Waals surface area contributed by atoms with Crippen LogP contribution in [0.15, 0.2) is 59.1 Å². The van der Waals surface area contributed by atoms with Gasteiger partial charge in [0.25, 0.3) is 0 Å². The molecular weight excluding hydrogens is 358 g/mol. The third-order valence-electron chi connectivity index (χ3n) is 3.59. The number of hydrogen-bond donors (Lipinski definition) is 3. The zero-order valence-electron chi connectivity index (χ0n) is 12.1. The molecule has 0 aliphatic carbocycles. The van der Waals surface area contributed by atoms with Crippen LogP contribution in [0, 0.1) is 0 Å². The second-order valence-electron chi connectivity index (χ2n) is 5.22. The number of halogens is 1. The van der Waals surface area contributed by atoms with E-state index in [1.807, 2.05) is 42.5 Å². The van der Waals surface area contributed by atoms with Crippen LogP contribution in [0.25, 0.3) is 10.8 Å². The molecule has 0 saturated carbocycles. The number of phenols is 1. The Kier molecular flexibility index (Phi) is 4.21. The molecule has 0 aliphatic heterocycles.